The molecular formula is C6H8N2O2+2. The van der Waals surface area contributed by atoms with E-state index in [9.17, 15) is 0 Å². The molecule has 2 aromatic heterocycles. The lowest BCUT2D eigenvalue weighted by Gasteiger charge is -1.40. The highest BCUT2D eigenvalue weighted by atomic mass is 16.5. The number of nitrogens with one attached hydrogen (secondary N) is 2. The van der Waals surface area contributed by atoms with Crippen LogP contribution in [0.2, 0.25) is 0 Å². The van der Waals surface area contributed by atoms with E-state index in [0.29, 0.717) is 0 Å². The minimum atomic E-state index is 1.50. The number of rotatable bonds is 0. The first-order valence-electron chi connectivity index (χ1n) is 2.78. The molecule has 10 heavy (non-hydrogen) atoms. The topological polar surface area (TPSA) is 54.6 Å². The zero-order valence-corrected chi connectivity index (χ0v) is 5.28. The van der Waals surface area contributed by atoms with Crippen LogP contribution in [0, 0.1) is 0 Å². The fraction of sp³-hybridized carbons (Fsp3) is 0. The fourth-order valence-corrected chi connectivity index (χ4v) is 0.393. The van der Waals surface area contributed by atoms with Crippen LogP contribution in [0.15, 0.2) is 46.3 Å². The molecule has 0 aliphatic carbocycles. The molecule has 0 unspecified atom stereocenters. The molecule has 2 aromatic rings. The minimum Gasteiger partial charge on any atom is -0.412 e. The quantitative estimate of drug-likeness (QED) is 0.524. The molecule has 2 heterocycles. The molecule has 0 aliphatic heterocycles. The molecule has 0 saturated carbocycles. The second kappa shape index (κ2) is 4.31. The average Bonchev–Trinajstić information content (AvgIpc) is 2.67. The van der Waals surface area contributed by atoms with Gasteiger partial charge >= 0.3 is 6.39 Å². The molecule has 0 bridgehead atoms. The Morgan fingerprint density at radius 2 is 2.10 bits per heavy atom. The monoisotopic (exact) mass is 140 g/mol. The van der Waals surface area contributed by atoms with E-state index in [4.69, 9.17) is 0 Å². The highest BCUT2D eigenvalue weighted by molar-refractivity contribution is 4.62. The van der Waals surface area contributed by atoms with Crippen LogP contribution in [0.3, 0.4) is 0 Å². The Labute approximate surface area is 57.5 Å². The SMILES string of the molecule is c1c[nH+]oc1.c1coc[nH+]1. The van der Waals surface area contributed by atoms with Gasteiger partial charge in [0.05, 0.1) is 0 Å². The first kappa shape index (κ1) is 6.54. The van der Waals surface area contributed by atoms with Crippen molar-refractivity contribution in [2.24, 2.45) is 0 Å². The highest BCUT2D eigenvalue weighted by Gasteiger charge is 1.69. The first-order chi connectivity index (χ1) is 5.00. The summed E-state index contributed by atoms with van der Waals surface area (Å²) in [6.45, 7) is 0. The summed E-state index contributed by atoms with van der Waals surface area (Å²) in [5.74, 6) is 0. The van der Waals surface area contributed by atoms with Gasteiger partial charge in [-0.2, -0.15) is 4.98 Å². The van der Waals surface area contributed by atoms with Gasteiger partial charge in [-0.1, -0.05) is 0 Å². The van der Waals surface area contributed by atoms with E-state index >= 15 is 0 Å². The van der Waals surface area contributed by atoms with Crippen molar-refractivity contribution < 1.29 is 19.1 Å². The molecule has 4 nitrogen and oxygen atoms in total. The molecule has 0 fully saturated rings. The van der Waals surface area contributed by atoms with Gasteiger partial charge in [-0.15, -0.1) is 0 Å². The van der Waals surface area contributed by atoms with Crippen LogP contribution in [-0.4, -0.2) is 0 Å². The third-order valence-electron chi connectivity index (χ3n) is 0.758. The Kier molecular flexibility index (Phi) is 2.82. The Morgan fingerprint density at radius 1 is 1.10 bits per heavy atom. The van der Waals surface area contributed by atoms with Crippen LogP contribution in [0.25, 0.3) is 0 Å². The second-order valence-electron chi connectivity index (χ2n) is 1.45. The smallest absolute Gasteiger partial charge is 0.332 e. The molecule has 2 rings (SSSR count). The molecule has 4 heteroatoms. The van der Waals surface area contributed by atoms with E-state index in [0.717, 1.165) is 0 Å². The van der Waals surface area contributed by atoms with Crippen LogP contribution < -0.4 is 10.1 Å². The van der Waals surface area contributed by atoms with Gasteiger partial charge in [0.2, 0.25) is 12.4 Å². The van der Waals surface area contributed by atoms with Crippen molar-refractivity contribution >= 4 is 0 Å². The third-order valence-corrected chi connectivity index (χ3v) is 0.758. The summed E-state index contributed by atoms with van der Waals surface area (Å²) in [6.07, 6.45) is 8.06. The van der Waals surface area contributed by atoms with Crippen molar-refractivity contribution in [1.29, 1.82) is 0 Å². The molecule has 0 radical (unpaired) electrons. The van der Waals surface area contributed by atoms with E-state index in [1.54, 1.807) is 31.0 Å². The lowest BCUT2D eigenvalue weighted by atomic mass is 10.8. The van der Waals surface area contributed by atoms with Crippen molar-refractivity contribution in [1.82, 2.24) is 0 Å². The van der Waals surface area contributed by atoms with E-state index in [1.807, 2.05) is 0 Å². The molecule has 52 valence electrons. The Hall–Kier alpha value is -1.58. The van der Waals surface area contributed by atoms with Crippen molar-refractivity contribution in [3.05, 3.63) is 37.4 Å². The number of hydrogen-bond acceptors (Lipinski definition) is 2. The number of aromatic nitrogens is 2. The summed E-state index contributed by atoms with van der Waals surface area (Å²) in [7, 11) is 0. The Morgan fingerprint density at radius 3 is 2.30 bits per heavy atom. The van der Waals surface area contributed by atoms with E-state index in [2.05, 4.69) is 19.1 Å². The molecule has 0 amide bonds. The predicted octanol–water partition coefficient (Wildman–Crippen LogP) is 0.187. The lowest BCUT2D eigenvalue weighted by molar-refractivity contribution is -0.608. The third kappa shape index (κ3) is 2.66. The van der Waals surface area contributed by atoms with E-state index < -0.39 is 0 Å². The molecule has 2 N–H and O–H groups in total. The molecule has 0 saturated heterocycles. The Balaban J connectivity index is 0.0000001000. The van der Waals surface area contributed by atoms with Gasteiger partial charge in [0.25, 0.3) is 0 Å². The van der Waals surface area contributed by atoms with Crippen molar-refractivity contribution in [3.63, 3.8) is 0 Å². The summed E-state index contributed by atoms with van der Waals surface area (Å²) < 4.78 is 8.99. The molecular weight excluding hydrogens is 132 g/mol. The lowest BCUT2D eigenvalue weighted by Crippen LogP contribution is -1.86. The fourth-order valence-electron chi connectivity index (χ4n) is 0.393. The van der Waals surface area contributed by atoms with Crippen molar-refractivity contribution in [2.45, 2.75) is 0 Å². The standard InChI is InChI=1S/2C3H3NO/c1-2-5-3-4-1;1-2-4-5-3-1/h2*1-3H/p+2. The van der Waals surface area contributed by atoms with Gasteiger partial charge in [-0.3, -0.25) is 0 Å². The van der Waals surface area contributed by atoms with Gasteiger partial charge < -0.3 is 4.42 Å². The number of H-pyrrole nitrogens is 2. The predicted molar refractivity (Wildman–Crippen MR) is 30.5 cm³/mol. The molecule has 0 spiro atoms. The van der Waals surface area contributed by atoms with Crippen molar-refractivity contribution in [2.75, 3.05) is 0 Å². The number of hydrogen-bond donors (Lipinski definition) is 0. The minimum absolute atomic E-state index is 1.50. The normalized spacial score (nSPS) is 8.00. The van der Waals surface area contributed by atoms with Crippen molar-refractivity contribution in [3.8, 4) is 0 Å². The summed E-state index contributed by atoms with van der Waals surface area (Å²) in [5, 5.41) is 2.49. The summed E-state index contributed by atoms with van der Waals surface area (Å²) in [6, 6.07) is 1.78. The van der Waals surface area contributed by atoms with Crippen LogP contribution >= 0.6 is 0 Å². The largest absolute Gasteiger partial charge is 0.412 e. The van der Waals surface area contributed by atoms with E-state index in [1.165, 1.54) is 6.39 Å². The zero-order valence-electron chi connectivity index (χ0n) is 5.28. The van der Waals surface area contributed by atoms with Crippen LogP contribution in [-0.2, 0) is 0 Å². The summed E-state index contributed by atoms with van der Waals surface area (Å²) >= 11 is 0. The maximum absolute atomic E-state index is 4.53. The summed E-state index contributed by atoms with van der Waals surface area (Å²) in [5.41, 5.74) is 0. The summed E-state index contributed by atoms with van der Waals surface area (Å²) in [4.78, 5) is 2.69. The van der Waals surface area contributed by atoms with Gasteiger partial charge in [0.1, 0.15) is 0 Å². The Bertz CT molecular complexity index is 153. The van der Waals surface area contributed by atoms with Gasteiger partial charge in [-0.05, 0) is 5.16 Å². The second-order valence-corrected chi connectivity index (χ2v) is 1.45. The molecule has 0 aromatic carbocycles. The van der Waals surface area contributed by atoms with E-state index in [-0.39, 0.29) is 0 Å². The van der Waals surface area contributed by atoms with Gasteiger partial charge in [0.15, 0.2) is 12.5 Å². The molecule has 0 aliphatic rings. The average molecular weight is 140 g/mol. The maximum Gasteiger partial charge on any atom is 0.332 e. The van der Waals surface area contributed by atoms with Crippen LogP contribution in [0.4, 0.5) is 0 Å². The first-order valence-corrected chi connectivity index (χ1v) is 2.78. The highest BCUT2D eigenvalue weighted by Crippen LogP contribution is 1.65. The van der Waals surface area contributed by atoms with Gasteiger partial charge in [-0.25, -0.2) is 4.52 Å². The van der Waals surface area contributed by atoms with Crippen LogP contribution in [0.5, 0.6) is 0 Å². The number of oxazole rings is 1. The number of aromatic amines is 2. The zero-order chi connectivity index (χ0) is 7.07. The van der Waals surface area contributed by atoms with Crippen LogP contribution in [0.1, 0.15) is 0 Å². The van der Waals surface area contributed by atoms with Gasteiger partial charge in [0, 0.05) is 6.07 Å². The molecule has 0 atom stereocenters. The maximum atomic E-state index is 4.53.